The van der Waals surface area contributed by atoms with Crippen LogP contribution in [0.5, 0.6) is 0 Å². The molecule has 3 heterocycles. The highest BCUT2D eigenvalue weighted by Crippen LogP contribution is 2.28. The molecule has 0 saturated carbocycles. The smallest absolute Gasteiger partial charge is 0.132 e. The van der Waals surface area contributed by atoms with Gasteiger partial charge in [-0.3, -0.25) is 0 Å². The summed E-state index contributed by atoms with van der Waals surface area (Å²) in [4.78, 5) is 15.2. The van der Waals surface area contributed by atoms with Crippen LogP contribution < -0.4 is 10.6 Å². The maximum absolute atomic E-state index is 6.25. The van der Waals surface area contributed by atoms with Crippen molar-refractivity contribution in [3.8, 4) is 0 Å². The van der Waals surface area contributed by atoms with Gasteiger partial charge in [0.25, 0.3) is 0 Å². The van der Waals surface area contributed by atoms with Crippen molar-refractivity contribution >= 4 is 5.82 Å². The Labute approximate surface area is 112 Å². The molecule has 19 heavy (non-hydrogen) atoms. The highest BCUT2D eigenvalue weighted by molar-refractivity contribution is 5.41. The zero-order valence-electron chi connectivity index (χ0n) is 11.2. The van der Waals surface area contributed by atoms with Crippen molar-refractivity contribution in [1.82, 2.24) is 19.5 Å². The first kappa shape index (κ1) is 12.1. The summed E-state index contributed by atoms with van der Waals surface area (Å²) in [5.41, 5.74) is 7.31. The lowest BCUT2D eigenvalue weighted by molar-refractivity contribution is 0.639. The van der Waals surface area contributed by atoms with E-state index in [1.54, 1.807) is 6.20 Å². The molecule has 0 radical (unpaired) electrons. The second-order valence-corrected chi connectivity index (χ2v) is 5.10. The molecule has 2 N–H and O–H groups in total. The lowest BCUT2D eigenvalue weighted by Gasteiger charge is -2.16. The van der Waals surface area contributed by atoms with Crippen LogP contribution in [0, 0.1) is 6.92 Å². The van der Waals surface area contributed by atoms with Crippen molar-refractivity contribution in [3.05, 3.63) is 36.3 Å². The van der Waals surface area contributed by atoms with Gasteiger partial charge in [-0.2, -0.15) is 0 Å². The maximum atomic E-state index is 6.25. The Morgan fingerprint density at radius 1 is 1.32 bits per heavy atom. The fourth-order valence-electron chi connectivity index (χ4n) is 2.57. The van der Waals surface area contributed by atoms with Gasteiger partial charge in [-0.15, -0.1) is 0 Å². The molecule has 1 aliphatic rings. The number of hydrogen-bond donors (Lipinski definition) is 1. The van der Waals surface area contributed by atoms with Gasteiger partial charge >= 0.3 is 0 Å². The Morgan fingerprint density at radius 2 is 2.16 bits per heavy atom. The van der Waals surface area contributed by atoms with E-state index in [-0.39, 0.29) is 12.0 Å². The predicted octanol–water partition coefficient (Wildman–Crippen LogP) is 0.450. The molecule has 0 aromatic carbocycles. The Bertz CT molecular complexity index is 578. The van der Waals surface area contributed by atoms with Gasteiger partial charge < -0.3 is 15.2 Å². The highest BCUT2D eigenvalue weighted by Gasteiger charge is 2.33. The van der Waals surface area contributed by atoms with Crippen LogP contribution in [0.2, 0.25) is 0 Å². The number of nitrogens with zero attached hydrogens (tertiary/aromatic N) is 5. The fourth-order valence-corrected chi connectivity index (χ4v) is 2.57. The Kier molecular flexibility index (Phi) is 2.94. The molecule has 2 aromatic heterocycles. The summed E-state index contributed by atoms with van der Waals surface area (Å²) >= 11 is 0. The third-order valence-corrected chi connectivity index (χ3v) is 3.56. The summed E-state index contributed by atoms with van der Waals surface area (Å²) in [6.07, 6.45) is 5.65. The van der Waals surface area contributed by atoms with Crippen molar-refractivity contribution < 1.29 is 0 Å². The van der Waals surface area contributed by atoms with Gasteiger partial charge in [0.05, 0.1) is 12.0 Å². The minimum atomic E-state index is 0.0881. The first-order valence-electron chi connectivity index (χ1n) is 6.41. The van der Waals surface area contributed by atoms with Crippen molar-refractivity contribution in [2.24, 2.45) is 12.8 Å². The normalized spacial score (nSPS) is 23.0. The zero-order valence-corrected chi connectivity index (χ0v) is 11.2. The fraction of sp³-hybridized carbons (Fsp3) is 0.462. The number of nitrogens with two attached hydrogens (primary N) is 1. The van der Waals surface area contributed by atoms with Gasteiger partial charge in [-0.05, 0) is 13.0 Å². The number of imidazole rings is 1. The molecule has 1 saturated heterocycles. The molecule has 1 aliphatic heterocycles. The molecule has 0 aliphatic carbocycles. The standard InChI is InChI=1S/C13H18N6/c1-9-15-4-3-13(17-9)19-5-10(11(14)6-19)12-7-18(2)8-16-12/h3-4,7-8,10-11H,5-6,14H2,1-2H3/t10-,11-/m1/s1. The summed E-state index contributed by atoms with van der Waals surface area (Å²) < 4.78 is 1.96. The van der Waals surface area contributed by atoms with Crippen LogP contribution >= 0.6 is 0 Å². The van der Waals surface area contributed by atoms with Crippen LogP contribution in [-0.4, -0.2) is 38.7 Å². The van der Waals surface area contributed by atoms with Crippen LogP contribution in [-0.2, 0) is 7.05 Å². The van der Waals surface area contributed by atoms with Gasteiger partial charge in [-0.1, -0.05) is 0 Å². The van der Waals surface area contributed by atoms with Crippen molar-refractivity contribution in [3.63, 3.8) is 0 Å². The Balaban J connectivity index is 1.82. The lowest BCUT2D eigenvalue weighted by Crippen LogP contribution is -2.29. The van der Waals surface area contributed by atoms with E-state index >= 15 is 0 Å². The average molecular weight is 258 g/mol. The molecule has 0 spiro atoms. The second-order valence-electron chi connectivity index (χ2n) is 5.10. The van der Waals surface area contributed by atoms with Crippen LogP contribution in [0.3, 0.4) is 0 Å². The molecular weight excluding hydrogens is 240 g/mol. The molecule has 0 unspecified atom stereocenters. The number of hydrogen-bond acceptors (Lipinski definition) is 5. The van der Waals surface area contributed by atoms with Gasteiger partial charge in [0, 0.05) is 44.5 Å². The Hall–Kier alpha value is -1.95. The monoisotopic (exact) mass is 258 g/mol. The van der Waals surface area contributed by atoms with E-state index in [1.165, 1.54) is 0 Å². The summed E-state index contributed by atoms with van der Waals surface area (Å²) in [7, 11) is 1.97. The van der Waals surface area contributed by atoms with E-state index in [0.29, 0.717) is 0 Å². The van der Waals surface area contributed by atoms with Crippen molar-refractivity contribution in [2.45, 2.75) is 18.9 Å². The van der Waals surface area contributed by atoms with Gasteiger partial charge in [0.1, 0.15) is 11.6 Å². The van der Waals surface area contributed by atoms with E-state index in [2.05, 4.69) is 19.9 Å². The summed E-state index contributed by atoms with van der Waals surface area (Å²) in [5, 5.41) is 0. The highest BCUT2D eigenvalue weighted by atomic mass is 15.2. The van der Waals surface area contributed by atoms with Gasteiger partial charge in [0.15, 0.2) is 0 Å². The first-order chi connectivity index (χ1) is 9.13. The minimum Gasteiger partial charge on any atom is -0.354 e. The third-order valence-electron chi connectivity index (χ3n) is 3.56. The number of anilines is 1. The van der Waals surface area contributed by atoms with Crippen LogP contribution in [0.4, 0.5) is 5.82 Å². The van der Waals surface area contributed by atoms with Crippen LogP contribution in [0.25, 0.3) is 0 Å². The molecule has 6 heteroatoms. The summed E-state index contributed by atoms with van der Waals surface area (Å²) in [5.74, 6) is 1.99. The van der Waals surface area contributed by atoms with Crippen LogP contribution in [0.15, 0.2) is 24.8 Å². The molecular formula is C13H18N6. The van der Waals surface area contributed by atoms with E-state index in [0.717, 1.165) is 30.4 Å². The third kappa shape index (κ3) is 2.31. The summed E-state index contributed by atoms with van der Waals surface area (Å²) in [6.45, 7) is 3.56. The molecule has 2 atom stereocenters. The van der Waals surface area contributed by atoms with E-state index in [4.69, 9.17) is 5.73 Å². The summed E-state index contributed by atoms with van der Waals surface area (Å²) in [6, 6.07) is 2.02. The molecule has 2 aromatic rings. The van der Waals surface area contributed by atoms with Crippen molar-refractivity contribution in [2.75, 3.05) is 18.0 Å². The Morgan fingerprint density at radius 3 is 2.84 bits per heavy atom. The number of rotatable bonds is 2. The minimum absolute atomic E-state index is 0.0881. The number of aryl methyl sites for hydroxylation is 2. The molecule has 0 bridgehead atoms. The predicted molar refractivity (Wildman–Crippen MR) is 72.9 cm³/mol. The first-order valence-corrected chi connectivity index (χ1v) is 6.41. The largest absolute Gasteiger partial charge is 0.354 e. The van der Waals surface area contributed by atoms with Gasteiger partial charge in [-0.25, -0.2) is 15.0 Å². The van der Waals surface area contributed by atoms with E-state index < -0.39 is 0 Å². The lowest BCUT2D eigenvalue weighted by atomic mass is 10.0. The molecule has 0 amide bonds. The number of aromatic nitrogens is 4. The topological polar surface area (TPSA) is 72.9 Å². The maximum Gasteiger partial charge on any atom is 0.132 e. The quantitative estimate of drug-likeness (QED) is 0.846. The molecule has 6 nitrogen and oxygen atoms in total. The molecule has 100 valence electrons. The zero-order chi connectivity index (χ0) is 13.4. The van der Waals surface area contributed by atoms with E-state index in [9.17, 15) is 0 Å². The molecule has 3 rings (SSSR count). The van der Waals surface area contributed by atoms with E-state index in [1.807, 2.05) is 37.1 Å². The molecule has 1 fully saturated rings. The van der Waals surface area contributed by atoms with Crippen LogP contribution in [0.1, 0.15) is 17.4 Å². The van der Waals surface area contributed by atoms with Gasteiger partial charge in [0.2, 0.25) is 0 Å². The average Bonchev–Trinajstić information content (AvgIpc) is 2.95. The second kappa shape index (κ2) is 4.62. The SMILES string of the molecule is Cc1nccc(N2C[C@@H](N)[C@H](c3cn(C)cn3)C2)n1. The van der Waals surface area contributed by atoms with Crippen molar-refractivity contribution in [1.29, 1.82) is 0 Å².